The molecule has 1 atom stereocenters. The molecule has 1 amide bonds. The molecule has 30 heavy (non-hydrogen) atoms. The van der Waals surface area contributed by atoms with E-state index in [4.69, 9.17) is 0 Å². The molecule has 0 heterocycles. The third-order valence-corrected chi connectivity index (χ3v) is 5.94. The fourth-order valence-corrected chi connectivity index (χ4v) is 4.10. The van der Waals surface area contributed by atoms with Crippen molar-refractivity contribution in [3.8, 4) is 6.07 Å². The maximum Gasteiger partial charge on any atom is 0.263 e. The van der Waals surface area contributed by atoms with Gasteiger partial charge >= 0.3 is 0 Å². The van der Waals surface area contributed by atoms with Crippen LogP contribution < -0.4 is 10.6 Å². The highest BCUT2D eigenvalue weighted by Gasteiger charge is 2.16. The molecule has 0 saturated carbocycles. The van der Waals surface area contributed by atoms with Crippen molar-refractivity contribution in [3.05, 3.63) is 76.0 Å². The van der Waals surface area contributed by atoms with Crippen LogP contribution in [0.1, 0.15) is 67.5 Å². The lowest BCUT2D eigenvalue weighted by molar-refractivity contribution is -0.117. The number of carbonyl (C=O) groups excluding carboxylic acids is 1. The van der Waals surface area contributed by atoms with Crippen LogP contribution in [0.15, 0.2) is 48.2 Å². The van der Waals surface area contributed by atoms with E-state index in [0.717, 1.165) is 36.9 Å². The van der Waals surface area contributed by atoms with Gasteiger partial charge in [-0.15, -0.1) is 0 Å². The second-order valence-electron chi connectivity index (χ2n) is 7.90. The Bertz CT molecular complexity index is 962. The fourth-order valence-electron chi connectivity index (χ4n) is 4.10. The molecule has 2 aromatic carbocycles. The molecule has 4 nitrogen and oxygen atoms in total. The van der Waals surface area contributed by atoms with Crippen molar-refractivity contribution in [2.45, 2.75) is 65.3 Å². The molecule has 1 aliphatic rings. The van der Waals surface area contributed by atoms with Crippen LogP contribution in [0.3, 0.4) is 0 Å². The third kappa shape index (κ3) is 4.91. The highest BCUT2D eigenvalue weighted by atomic mass is 16.1. The Labute approximate surface area is 180 Å². The lowest BCUT2D eigenvalue weighted by Gasteiger charge is -2.20. The van der Waals surface area contributed by atoms with Gasteiger partial charge in [-0.3, -0.25) is 4.79 Å². The maximum atomic E-state index is 12.7. The van der Waals surface area contributed by atoms with Gasteiger partial charge in [-0.1, -0.05) is 50.2 Å². The number of amides is 1. The van der Waals surface area contributed by atoms with Crippen molar-refractivity contribution in [2.24, 2.45) is 0 Å². The van der Waals surface area contributed by atoms with Crippen LogP contribution >= 0.6 is 0 Å². The van der Waals surface area contributed by atoms with E-state index in [2.05, 4.69) is 54.8 Å². The van der Waals surface area contributed by atoms with Gasteiger partial charge in [0.1, 0.15) is 11.6 Å². The van der Waals surface area contributed by atoms with E-state index in [1.807, 2.05) is 19.1 Å². The molecule has 2 N–H and O–H groups in total. The van der Waals surface area contributed by atoms with E-state index in [1.54, 1.807) is 0 Å². The van der Waals surface area contributed by atoms with Gasteiger partial charge in [0.15, 0.2) is 0 Å². The first-order chi connectivity index (χ1) is 14.6. The van der Waals surface area contributed by atoms with Crippen LogP contribution in [-0.2, 0) is 30.5 Å². The number of para-hydroxylation sites is 1. The van der Waals surface area contributed by atoms with Crippen LogP contribution in [0, 0.1) is 11.3 Å². The molecular formula is C26H31N3O. The van der Waals surface area contributed by atoms with Crippen LogP contribution in [0.25, 0.3) is 0 Å². The number of aryl methyl sites for hydroxylation is 4. The highest BCUT2D eigenvalue weighted by Crippen LogP contribution is 2.25. The van der Waals surface area contributed by atoms with Crippen LogP contribution in [0.2, 0.25) is 0 Å². The Balaban J connectivity index is 1.73. The lowest BCUT2D eigenvalue weighted by Crippen LogP contribution is -2.28. The van der Waals surface area contributed by atoms with Crippen LogP contribution in [-0.4, -0.2) is 5.91 Å². The van der Waals surface area contributed by atoms with Crippen molar-refractivity contribution in [3.63, 3.8) is 0 Å². The molecule has 0 fully saturated rings. The van der Waals surface area contributed by atoms with Gasteiger partial charge in [0.05, 0.1) is 6.04 Å². The molecule has 0 spiro atoms. The molecule has 0 bridgehead atoms. The number of nitrogens with one attached hydrogen (secondary N) is 2. The number of rotatable bonds is 7. The Morgan fingerprint density at radius 3 is 2.40 bits per heavy atom. The number of hydrogen-bond donors (Lipinski definition) is 2. The number of nitriles is 1. The monoisotopic (exact) mass is 401 g/mol. The van der Waals surface area contributed by atoms with Gasteiger partial charge in [-0.05, 0) is 73.3 Å². The molecule has 1 aliphatic carbocycles. The molecular weight excluding hydrogens is 370 g/mol. The highest BCUT2D eigenvalue weighted by molar-refractivity contribution is 5.97. The summed E-state index contributed by atoms with van der Waals surface area (Å²) in [7, 11) is 0. The molecule has 1 unspecified atom stereocenters. The van der Waals surface area contributed by atoms with Crippen molar-refractivity contribution < 1.29 is 4.79 Å². The predicted octanol–water partition coefficient (Wildman–Crippen LogP) is 5.39. The molecule has 156 valence electrons. The maximum absolute atomic E-state index is 12.7. The van der Waals surface area contributed by atoms with Gasteiger partial charge in [-0.2, -0.15) is 5.26 Å². The second-order valence-corrected chi connectivity index (χ2v) is 7.90. The zero-order chi connectivity index (χ0) is 21.5. The number of benzene rings is 2. The summed E-state index contributed by atoms with van der Waals surface area (Å²) >= 11 is 0. The number of anilines is 1. The average Bonchev–Trinajstić information content (AvgIpc) is 2.78. The Hall–Kier alpha value is -3.06. The van der Waals surface area contributed by atoms with Gasteiger partial charge in [0, 0.05) is 11.9 Å². The SMILES string of the molecule is CCc1cccc(CC)c1N/C=C(/C#N)C(=O)NC(C)c1ccc2c(c1)CCCC2. The summed E-state index contributed by atoms with van der Waals surface area (Å²) in [4.78, 5) is 12.7. The van der Waals surface area contributed by atoms with Crippen molar-refractivity contribution >= 4 is 11.6 Å². The van der Waals surface area contributed by atoms with Crippen LogP contribution in [0.5, 0.6) is 0 Å². The second kappa shape index (κ2) is 10.1. The van der Waals surface area contributed by atoms with Gasteiger partial charge in [0.2, 0.25) is 0 Å². The van der Waals surface area contributed by atoms with E-state index in [1.165, 1.54) is 41.3 Å². The van der Waals surface area contributed by atoms with E-state index in [-0.39, 0.29) is 17.5 Å². The summed E-state index contributed by atoms with van der Waals surface area (Å²) in [6.07, 6.45) is 8.02. The first kappa shape index (κ1) is 21.6. The van der Waals surface area contributed by atoms with E-state index in [0.29, 0.717) is 0 Å². The summed E-state index contributed by atoms with van der Waals surface area (Å²) < 4.78 is 0. The van der Waals surface area contributed by atoms with Gasteiger partial charge < -0.3 is 10.6 Å². The van der Waals surface area contributed by atoms with Crippen molar-refractivity contribution in [1.29, 1.82) is 5.26 Å². The summed E-state index contributed by atoms with van der Waals surface area (Å²) in [5.74, 6) is -0.359. The number of nitrogens with zero attached hydrogens (tertiary/aromatic N) is 1. The largest absolute Gasteiger partial charge is 0.360 e. The minimum Gasteiger partial charge on any atom is -0.360 e. The van der Waals surface area contributed by atoms with E-state index in [9.17, 15) is 10.1 Å². The quantitative estimate of drug-likeness (QED) is 0.483. The topological polar surface area (TPSA) is 64.9 Å². The average molecular weight is 402 g/mol. The molecule has 3 rings (SSSR count). The van der Waals surface area contributed by atoms with Gasteiger partial charge in [0.25, 0.3) is 5.91 Å². The summed E-state index contributed by atoms with van der Waals surface area (Å²) in [6, 6.07) is 14.5. The Kier molecular flexibility index (Phi) is 7.30. The molecule has 0 aliphatic heterocycles. The Morgan fingerprint density at radius 2 is 1.77 bits per heavy atom. The summed E-state index contributed by atoms with van der Waals surface area (Å²) in [6.45, 7) is 6.16. The van der Waals surface area contributed by atoms with E-state index < -0.39 is 0 Å². The summed E-state index contributed by atoms with van der Waals surface area (Å²) in [5, 5.41) is 15.8. The molecule has 0 aromatic heterocycles. The molecule has 0 saturated heterocycles. The first-order valence-corrected chi connectivity index (χ1v) is 11.0. The molecule has 0 radical (unpaired) electrons. The van der Waals surface area contributed by atoms with Gasteiger partial charge in [-0.25, -0.2) is 0 Å². The smallest absolute Gasteiger partial charge is 0.263 e. The van der Waals surface area contributed by atoms with Crippen LogP contribution in [0.4, 0.5) is 5.69 Å². The minimum absolute atomic E-state index is 0.0766. The number of carbonyl (C=O) groups is 1. The zero-order valence-electron chi connectivity index (χ0n) is 18.2. The molecule has 4 heteroatoms. The fraction of sp³-hybridized carbons (Fsp3) is 0.385. The standard InChI is InChI=1S/C26H31N3O/c1-4-19-11-8-12-20(5-2)25(19)28-17-24(16-27)26(30)29-18(3)22-14-13-21-9-6-7-10-23(21)15-22/h8,11-15,17-18,28H,4-7,9-10H2,1-3H3,(H,29,30)/b24-17-. The number of fused-ring (bicyclic) bond motifs is 1. The van der Waals surface area contributed by atoms with E-state index >= 15 is 0 Å². The zero-order valence-corrected chi connectivity index (χ0v) is 18.2. The number of hydrogen-bond acceptors (Lipinski definition) is 3. The predicted molar refractivity (Wildman–Crippen MR) is 122 cm³/mol. The normalized spacial score (nSPS) is 14.4. The first-order valence-electron chi connectivity index (χ1n) is 11.0. The Morgan fingerprint density at radius 1 is 1.10 bits per heavy atom. The third-order valence-electron chi connectivity index (χ3n) is 5.94. The van der Waals surface area contributed by atoms with Crippen molar-refractivity contribution in [1.82, 2.24) is 5.32 Å². The van der Waals surface area contributed by atoms with Crippen molar-refractivity contribution in [2.75, 3.05) is 5.32 Å². The molecule has 2 aromatic rings. The minimum atomic E-state index is -0.359. The lowest BCUT2D eigenvalue weighted by atomic mass is 9.89. The summed E-state index contributed by atoms with van der Waals surface area (Å²) in [5.41, 5.74) is 7.31.